The fraction of sp³-hybridized carbons (Fsp3) is 0.235. The molecule has 3 heteroatoms. The number of hydrogen-bond acceptors (Lipinski definition) is 3. The van der Waals surface area contributed by atoms with Gasteiger partial charge in [0.1, 0.15) is 0 Å². The van der Waals surface area contributed by atoms with Crippen LogP contribution in [-0.4, -0.2) is 23.9 Å². The van der Waals surface area contributed by atoms with E-state index in [4.69, 9.17) is 4.99 Å². The molecular formula is C17H17N3. The summed E-state index contributed by atoms with van der Waals surface area (Å²) in [5.74, 6) is 0.986. The largest absolute Gasteiger partial charge is 0.342 e. The highest BCUT2D eigenvalue weighted by Gasteiger charge is 2.21. The van der Waals surface area contributed by atoms with E-state index in [-0.39, 0.29) is 0 Å². The number of para-hydroxylation sites is 2. The van der Waals surface area contributed by atoms with Crippen molar-refractivity contribution in [2.24, 2.45) is 4.99 Å². The van der Waals surface area contributed by atoms with E-state index in [9.17, 15) is 0 Å². The lowest BCUT2D eigenvalue weighted by atomic mass is 10.0. The molecule has 0 radical (unpaired) electrons. The molecule has 0 aromatic heterocycles. The van der Waals surface area contributed by atoms with Gasteiger partial charge in [0.15, 0.2) is 0 Å². The van der Waals surface area contributed by atoms with Crippen molar-refractivity contribution in [3.63, 3.8) is 0 Å². The smallest absolute Gasteiger partial charge is 0.203 e. The first-order valence-electron chi connectivity index (χ1n) is 7.21. The Kier molecular flexibility index (Phi) is 2.69. The Morgan fingerprint density at radius 1 is 0.850 bits per heavy atom. The Labute approximate surface area is 119 Å². The number of nitrogens with zero attached hydrogens (tertiary/aromatic N) is 2. The van der Waals surface area contributed by atoms with Crippen LogP contribution in [0.3, 0.4) is 0 Å². The second-order valence-corrected chi connectivity index (χ2v) is 5.32. The molecule has 0 spiro atoms. The first-order valence-corrected chi connectivity index (χ1v) is 7.21. The SMILES string of the molecule is c1ccc2c(c1)N=C(N1CCCC1)Nc1ccccc1-2. The van der Waals surface area contributed by atoms with Gasteiger partial charge in [-0.2, -0.15) is 0 Å². The van der Waals surface area contributed by atoms with E-state index in [2.05, 4.69) is 58.7 Å². The van der Waals surface area contributed by atoms with Gasteiger partial charge in [-0.3, -0.25) is 0 Å². The summed E-state index contributed by atoms with van der Waals surface area (Å²) in [6, 6.07) is 16.8. The Balaban J connectivity index is 1.89. The molecule has 2 aliphatic heterocycles. The molecule has 1 N–H and O–H groups in total. The predicted octanol–water partition coefficient (Wildman–Crippen LogP) is 3.86. The van der Waals surface area contributed by atoms with Crippen molar-refractivity contribution in [1.29, 1.82) is 0 Å². The standard InChI is InChI=1S/C17H17N3/c1-3-9-15-13(7-1)14-8-2-4-10-16(14)19-17(18-15)20-11-5-6-12-20/h1-4,7-10H,5-6,11-12H2,(H,18,19). The average molecular weight is 263 g/mol. The number of fused-ring (bicyclic) bond motifs is 3. The summed E-state index contributed by atoms with van der Waals surface area (Å²) in [5, 5.41) is 3.52. The van der Waals surface area contributed by atoms with Gasteiger partial charge in [-0.05, 0) is 25.0 Å². The van der Waals surface area contributed by atoms with Crippen molar-refractivity contribution in [2.45, 2.75) is 12.8 Å². The van der Waals surface area contributed by atoms with Gasteiger partial charge in [0.2, 0.25) is 5.96 Å². The molecule has 2 heterocycles. The lowest BCUT2D eigenvalue weighted by Crippen LogP contribution is -2.33. The van der Waals surface area contributed by atoms with Crippen LogP contribution in [-0.2, 0) is 0 Å². The molecule has 0 atom stereocenters. The van der Waals surface area contributed by atoms with Crippen molar-refractivity contribution < 1.29 is 0 Å². The maximum atomic E-state index is 4.87. The minimum atomic E-state index is 0.986. The summed E-state index contributed by atoms with van der Waals surface area (Å²) in [5.41, 5.74) is 4.61. The van der Waals surface area contributed by atoms with Crippen molar-refractivity contribution in [3.05, 3.63) is 48.5 Å². The van der Waals surface area contributed by atoms with Crippen LogP contribution < -0.4 is 5.32 Å². The molecule has 0 unspecified atom stereocenters. The molecule has 0 bridgehead atoms. The lowest BCUT2D eigenvalue weighted by Gasteiger charge is -2.20. The van der Waals surface area contributed by atoms with Gasteiger partial charge < -0.3 is 10.2 Å². The van der Waals surface area contributed by atoms with Crippen LogP contribution in [0.2, 0.25) is 0 Å². The lowest BCUT2D eigenvalue weighted by molar-refractivity contribution is 0.518. The first kappa shape index (κ1) is 11.5. The molecule has 2 aromatic rings. The Morgan fingerprint density at radius 3 is 2.40 bits per heavy atom. The van der Waals surface area contributed by atoms with Crippen molar-refractivity contribution in [2.75, 3.05) is 18.4 Å². The number of rotatable bonds is 0. The molecule has 0 saturated carbocycles. The highest BCUT2D eigenvalue weighted by Crippen LogP contribution is 2.37. The first-order chi connectivity index (χ1) is 9.92. The zero-order valence-corrected chi connectivity index (χ0v) is 11.3. The molecule has 0 amide bonds. The number of likely N-dealkylation sites (tertiary alicyclic amines) is 1. The third kappa shape index (κ3) is 1.86. The molecule has 20 heavy (non-hydrogen) atoms. The molecule has 2 aliphatic rings. The summed E-state index contributed by atoms with van der Waals surface area (Å²) in [4.78, 5) is 7.21. The van der Waals surface area contributed by atoms with Crippen molar-refractivity contribution in [1.82, 2.24) is 4.90 Å². The Bertz CT molecular complexity index is 669. The molecule has 1 saturated heterocycles. The van der Waals surface area contributed by atoms with E-state index >= 15 is 0 Å². The van der Waals surface area contributed by atoms with Crippen LogP contribution in [0.5, 0.6) is 0 Å². The topological polar surface area (TPSA) is 27.6 Å². The van der Waals surface area contributed by atoms with Crippen LogP contribution in [0.25, 0.3) is 11.1 Å². The Hall–Kier alpha value is -2.29. The van der Waals surface area contributed by atoms with E-state index < -0.39 is 0 Å². The summed E-state index contributed by atoms with van der Waals surface area (Å²) in [7, 11) is 0. The van der Waals surface area contributed by atoms with Gasteiger partial charge in [-0.1, -0.05) is 36.4 Å². The van der Waals surface area contributed by atoms with E-state index in [0.717, 1.165) is 30.4 Å². The zero-order chi connectivity index (χ0) is 13.4. The van der Waals surface area contributed by atoms with Crippen LogP contribution >= 0.6 is 0 Å². The maximum absolute atomic E-state index is 4.87. The van der Waals surface area contributed by atoms with Gasteiger partial charge in [0.05, 0.1) is 5.69 Å². The minimum Gasteiger partial charge on any atom is -0.342 e. The number of hydrogen-bond donors (Lipinski definition) is 1. The average Bonchev–Trinajstić information content (AvgIpc) is 2.97. The molecule has 3 nitrogen and oxygen atoms in total. The van der Waals surface area contributed by atoms with E-state index in [1.165, 1.54) is 24.0 Å². The monoisotopic (exact) mass is 263 g/mol. The van der Waals surface area contributed by atoms with Crippen LogP contribution in [0, 0.1) is 0 Å². The summed E-state index contributed by atoms with van der Waals surface area (Å²) >= 11 is 0. The van der Waals surface area contributed by atoms with Gasteiger partial charge >= 0.3 is 0 Å². The highest BCUT2D eigenvalue weighted by atomic mass is 15.3. The van der Waals surface area contributed by atoms with E-state index in [0.29, 0.717) is 0 Å². The third-order valence-corrected chi connectivity index (χ3v) is 4.00. The molecule has 100 valence electrons. The highest BCUT2D eigenvalue weighted by molar-refractivity contribution is 6.03. The molecule has 0 aliphatic carbocycles. The van der Waals surface area contributed by atoms with Crippen molar-refractivity contribution in [3.8, 4) is 11.1 Å². The second-order valence-electron chi connectivity index (χ2n) is 5.32. The van der Waals surface area contributed by atoms with Gasteiger partial charge in [0.25, 0.3) is 0 Å². The summed E-state index contributed by atoms with van der Waals surface area (Å²) in [6.45, 7) is 2.19. The summed E-state index contributed by atoms with van der Waals surface area (Å²) in [6.07, 6.45) is 2.51. The third-order valence-electron chi connectivity index (χ3n) is 4.00. The van der Waals surface area contributed by atoms with Gasteiger partial charge in [-0.25, -0.2) is 4.99 Å². The number of nitrogens with one attached hydrogen (secondary N) is 1. The number of anilines is 1. The summed E-state index contributed by atoms with van der Waals surface area (Å²) < 4.78 is 0. The Morgan fingerprint density at radius 2 is 1.55 bits per heavy atom. The van der Waals surface area contributed by atoms with Crippen LogP contribution in [0.15, 0.2) is 53.5 Å². The maximum Gasteiger partial charge on any atom is 0.203 e. The van der Waals surface area contributed by atoms with Gasteiger partial charge in [0, 0.05) is 29.9 Å². The zero-order valence-electron chi connectivity index (χ0n) is 11.3. The normalized spacial score (nSPS) is 16.8. The number of benzene rings is 2. The molecule has 4 rings (SSSR count). The van der Waals surface area contributed by atoms with Crippen molar-refractivity contribution >= 4 is 17.3 Å². The number of guanidine groups is 1. The predicted molar refractivity (Wildman–Crippen MR) is 83.4 cm³/mol. The molecule has 1 fully saturated rings. The fourth-order valence-electron chi connectivity index (χ4n) is 2.97. The molecule has 2 aromatic carbocycles. The van der Waals surface area contributed by atoms with Gasteiger partial charge in [-0.15, -0.1) is 0 Å². The van der Waals surface area contributed by atoms with E-state index in [1.54, 1.807) is 0 Å². The van der Waals surface area contributed by atoms with Crippen LogP contribution in [0.4, 0.5) is 11.4 Å². The minimum absolute atomic E-state index is 0.986. The van der Waals surface area contributed by atoms with Crippen LogP contribution in [0.1, 0.15) is 12.8 Å². The fourth-order valence-corrected chi connectivity index (χ4v) is 2.97. The quantitative estimate of drug-likeness (QED) is 0.781. The number of aliphatic imine (C=N–C) groups is 1. The second kappa shape index (κ2) is 4.67. The molecular weight excluding hydrogens is 246 g/mol. The van der Waals surface area contributed by atoms with E-state index in [1.807, 2.05) is 0 Å².